The minimum absolute atomic E-state index is 0.226. The molecule has 17 heavy (non-hydrogen) atoms. The Bertz CT molecular complexity index is 688. The molecule has 2 heterocycles. The molecule has 1 N–H and O–H groups in total. The van der Waals surface area contributed by atoms with E-state index in [0.29, 0.717) is 11.2 Å². The van der Waals surface area contributed by atoms with Gasteiger partial charge in [0.15, 0.2) is 0 Å². The van der Waals surface area contributed by atoms with Crippen LogP contribution in [0.25, 0.3) is 22.3 Å². The number of aryl methyl sites for hydroxylation is 1. The summed E-state index contributed by atoms with van der Waals surface area (Å²) in [6.07, 6.45) is 1.69. The van der Waals surface area contributed by atoms with Crippen molar-refractivity contribution in [1.29, 1.82) is 0 Å². The Kier molecular flexibility index (Phi) is 2.14. The summed E-state index contributed by atoms with van der Waals surface area (Å²) < 4.78 is 13.5. The molecule has 0 amide bonds. The van der Waals surface area contributed by atoms with Gasteiger partial charge in [-0.25, -0.2) is 14.4 Å². The molecule has 0 saturated carbocycles. The Morgan fingerprint density at radius 2 is 2.12 bits per heavy atom. The maximum atomic E-state index is 13.5. The molecule has 0 aliphatic heterocycles. The Morgan fingerprint density at radius 1 is 1.24 bits per heavy atom. The van der Waals surface area contributed by atoms with Crippen molar-refractivity contribution in [3.63, 3.8) is 0 Å². The number of halogens is 1. The zero-order valence-corrected chi connectivity index (χ0v) is 9.24. The molecule has 1 aromatic carbocycles. The van der Waals surface area contributed by atoms with Gasteiger partial charge < -0.3 is 4.98 Å². The molecule has 0 aliphatic rings. The van der Waals surface area contributed by atoms with Crippen LogP contribution in [0.15, 0.2) is 36.5 Å². The summed E-state index contributed by atoms with van der Waals surface area (Å²) in [7, 11) is 0. The normalized spacial score (nSPS) is 10.9. The summed E-state index contributed by atoms with van der Waals surface area (Å²) in [5.41, 5.74) is 2.35. The van der Waals surface area contributed by atoms with Gasteiger partial charge in [0.25, 0.3) is 0 Å². The van der Waals surface area contributed by atoms with Crippen LogP contribution in [-0.4, -0.2) is 15.0 Å². The molecule has 0 unspecified atom stereocenters. The van der Waals surface area contributed by atoms with Crippen molar-refractivity contribution in [1.82, 2.24) is 15.0 Å². The SMILES string of the molecule is Cc1nccc(-c2cc3c(F)cccc3[nH]2)n1. The third-order valence-electron chi connectivity index (χ3n) is 2.66. The van der Waals surface area contributed by atoms with Gasteiger partial charge in [-0.2, -0.15) is 0 Å². The molecule has 0 fully saturated rings. The molecule has 4 heteroatoms. The molecule has 0 radical (unpaired) electrons. The molecule has 3 aromatic rings. The van der Waals surface area contributed by atoms with Crippen LogP contribution in [0.2, 0.25) is 0 Å². The van der Waals surface area contributed by atoms with Crippen LogP contribution in [0.4, 0.5) is 4.39 Å². The molecule has 0 bridgehead atoms. The molecule has 0 spiro atoms. The van der Waals surface area contributed by atoms with E-state index in [2.05, 4.69) is 15.0 Å². The Hall–Kier alpha value is -2.23. The second kappa shape index (κ2) is 3.66. The van der Waals surface area contributed by atoms with Gasteiger partial charge in [0, 0.05) is 17.1 Å². The summed E-state index contributed by atoms with van der Waals surface area (Å²) >= 11 is 0. The summed E-state index contributed by atoms with van der Waals surface area (Å²) in [5.74, 6) is 0.470. The fourth-order valence-electron chi connectivity index (χ4n) is 1.86. The van der Waals surface area contributed by atoms with E-state index in [1.807, 2.05) is 13.0 Å². The number of aromatic amines is 1. The first-order valence-corrected chi connectivity index (χ1v) is 5.31. The van der Waals surface area contributed by atoms with E-state index < -0.39 is 0 Å². The quantitative estimate of drug-likeness (QED) is 0.694. The molecule has 0 atom stereocenters. The van der Waals surface area contributed by atoms with E-state index >= 15 is 0 Å². The summed E-state index contributed by atoms with van der Waals surface area (Å²) in [6, 6.07) is 8.55. The highest BCUT2D eigenvalue weighted by Gasteiger charge is 2.07. The zero-order valence-electron chi connectivity index (χ0n) is 9.24. The first kappa shape index (κ1) is 9.96. The van der Waals surface area contributed by atoms with E-state index in [0.717, 1.165) is 16.9 Å². The number of rotatable bonds is 1. The average Bonchev–Trinajstić information content (AvgIpc) is 2.74. The van der Waals surface area contributed by atoms with Crippen LogP contribution >= 0.6 is 0 Å². The number of hydrogen-bond acceptors (Lipinski definition) is 2. The molecular weight excluding hydrogens is 217 g/mol. The van der Waals surface area contributed by atoms with Crippen LogP contribution in [0.3, 0.4) is 0 Å². The van der Waals surface area contributed by atoms with Crippen molar-refractivity contribution in [2.45, 2.75) is 6.92 Å². The minimum Gasteiger partial charge on any atom is -0.353 e. The summed E-state index contributed by atoms with van der Waals surface area (Å²) in [6.45, 7) is 1.83. The van der Waals surface area contributed by atoms with Gasteiger partial charge in [0.2, 0.25) is 0 Å². The van der Waals surface area contributed by atoms with Crippen molar-refractivity contribution in [2.24, 2.45) is 0 Å². The van der Waals surface area contributed by atoms with Gasteiger partial charge >= 0.3 is 0 Å². The Morgan fingerprint density at radius 3 is 2.88 bits per heavy atom. The van der Waals surface area contributed by atoms with Gasteiger partial charge in [0.05, 0.1) is 11.4 Å². The second-order valence-electron chi connectivity index (χ2n) is 3.87. The number of fused-ring (bicyclic) bond motifs is 1. The smallest absolute Gasteiger partial charge is 0.132 e. The average molecular weight is 227 g/mol. The van der Waals surface area contributed by atoms with Crippen LogP contribution in [-0.2, 0) is 0 Å². The van der Waals surface area contributed by atoms with E-state index in [9.17, 15) is 4.39 Å². The number of hydrogen-bond donors (Lipinski definition) is 1. The van der Waals surface area contributed by atoms with Gasteiger partial charge in [-0.05, 0) is 31.2 Å². The van der Waals surface area contributed by atoms with Crippen molar-refractivity contribution in [2.75, 3.05) is 0 Å². The maximum Gasteiger partial charge on any atom is 0.132 e. The zero-order chi connectivity index (χ0) is 11.8. The van der Waals surface area contributed by atoms with Gasteiger partial charge in [0.1, 0.15) is 11.6 Å². The number of nitrogens with zero attached hydrogens (tertiary/aromatic N) is 2. The lowest BCUT2D eigenvalue weighted by atomic mass is 10.2. The monoisotopic (exact) mass is 227 g/mol. The van der Waals surface area contributed by atoms with Crippen molar-refractivity contribution < 1.29 is 4.39 Å². The standard InChI is InChI=1S/C13H10FN3/c1-8-15-6-5-12(16-8)13-7-9-10(14)3-2-4-11(9)17-13/h2-7,17H,1H3. The molecule has 3 nitrogen and oxygen atoms in total. The largest absolute Gasteiger partial charge is 0.353 e. The lowest BCUT2D eigenvalue weighted by molar-refractivity contribution is 0.640. The molecular formula is C13H10FN3. The topological polar surface area (TPSA) is 41.6 Å². The highest BCUT2D eigenvalue weighted by atomic mass is 19.1. The highest BCUT2D eigenvalue weighted by Crippen LogP contribution is 2.24. The molecule has 3 rings (SSSR count). The predicted octanol–water partition coefficient (Wildman–Crippen LogP) is 3.07. The Balaban J connectivity index is 2.22. The third-order valence-corrected chi connectivity index (χ3v) is 2.66. The van der Waals surface area contributed by atoms with Crippen molar-refractivity contribution in [3.05, 3.63) is 48.2 Å². The van der Waals surface area contributed by atoms with Gasteiger partial charge in [-0.1, -0.05) is 6.07 Å². The van der Waals surface area contributed by atoms with Crippen LogP contribution in [0, 0.1) is 12.7 Å². The first-order chi connectivity index (χ1) is 8.24. The lowest BCUT2D eigenvalue weighted by Gasteiger charge is -1.96. The Labute approximate surface area is 97.3 Å². The third kappa shape index (κ3) is 1.67. The fraction of sp³-hybridized carbons (Fsp3) is 0.0769. The second-order valence-corrected chi connectivity index (χ2v) is 3.87. The summed E-state index contributed by atoms with van der Waals surface area (Å²) in [5, 5.41) is 0.582. The number of aromatic nitrogens is 3. The van der Waals surface area contributed by atoms with E-state index in [4.69, 9.17) is 0 Å². The van der Waals surface area contributed by atoms with E-state index in [1.54, 1.807) is 24.4 Å². The number of benzene rings is 1. The highest BCUT2D eigenvalue weighted by molar-refractivity contribution is 5.85. The van der Waals surface area contributed by atoms with Gasteiger partial charge in [-0.15, -0.1) is 0 Å². The fourth-order valence-corrected chi connectivity index (χ4v) is 1.86. The molecule has 0 saturated heterocycles. The van der Waals surface area contributed by atoms with E-state index in [-0.39, 0.29) is 5.82 Å². The molecule has 0 aliphatic carbocycles. The lowest BCUT2D eigenvalue weighted by Crippen LogP contribution is -1.89. The molecule has 84 valence electrons. The van der Waals surface area contributed by atoms with E-state index in [1.165, 1.54) is 6.07 Å². The van der Waals surface area contributed by atoms with Gasteiger partial charge in [-0.3, -0.25) is 0 Å². The van der Waals surface area contributed by atoms with Crippen molar-refractivity contribution in [3.8, 4) is 11.4 Å². The predicted molar refractivity (Wildman–Crippen MR) is 64.0 cm³/mol. The van der Waals surface area contributed by atoms with Crippen LogP contribution < -0.4 is 0 Å². The maximum absolute atomic E-state index is 13.5. The minimum atomic E-state index is -0.226. The van der Waals surface area contributed by atoms with Crippen molar-refractivity contribution >= 4 is 10.9 Å². The molecule has 2 aromatic heterocycles. The summed E-state index contributed by atoms with van der Waals surface area (Å²) in [4.78, 5) is 11.5. The first-order valence-electron chi connectivity index (χ1n) is 5.31. The van der Waals surface area contributed by atoms with Crippen LogP contribution in [0.5, 0.6) is 0 Å². The number of H-pyrrole nitrogens is 1. The van der Waals surface area contributed by atoms with Crippen LogP contribution in [0.1, 0.15) is 5.82 Å². The number of nitrogens with one attached hydrogen (secondary N) is 1.